The van der Waals surface area contributed by atoms with Gasteiger partial charge < -0.3 is 9.84 Å². The van der Waals surface area contributed by atoms with E-state index in [1.165, 1.54) is 0 Å². The molecule has 2 aromatic rings. The Kier molecular flexibility index (Phi) is 3.88. The summed E-state index contributed by atoms with van der Waals surface area (Å²) in [4.78, 5) is 0. The van der Waals surface area contributed by atoms with E-state index in [-0.39, 0.29) is 5.75 Å². The number of phenolic OH excluding ortho intramolecular Hbond substituents is 1. The maximum Gasteiger partial charge on any atom is 0.131 e. The molecule has 0 atom stereocenters. The molecule has 0 aliphatic rings. The van der Waals surface area contributed by atoms with Crippen LogP contribution in [0.3, 0.4) is 0 Å². The van der Waals surface area contributed by atoms with Crippen LogP contribution in [0.4, 0.5) is 0 Å². The van der Waals surface area contributed by atoms with E-state index in [1.807, 2.05) is 30.3 Å². The molecule has 2 nitrogen and oxygen atoms in total. The zero-order chi connectivity index (χ0) is 12.8. The molecule has 18 heavy (non-hydrogen) atoms. The Morgan fingerprint density at radius 1 is 1.11 bits per heavy atom. The Morgan fingerprint density at radius 3 is 2.61 bits per heavy atom. The topological polar surface area (TPSA) is 29.5 Å². The lowest BCUT2D eigenvalue weighted by atomic mass is 10.1. The zero-order valence-corrected chi connectivity index (χ0v) is 10.2. The minimum absolute atomic E-state index is 0.177. The SMILES string of the molecule is COc1ccc(O)c(C#CCc2ccccc2)c1. The summed E-state index contributed by atoms with van der Waals surface area (Å²) in [5.74, 6) is 6.87. The number of methoxy groups -OCH3 is 1. The van der Waals surface area contributed by atoms with Gasteiger partial charge in [0.05, 0.1) is 12.7 Å². The van der Waals surface area contributed by atoms with Crippen LogP contribution in [0, 0.1) is 11.8 Å². The molecule has 0 fully saturated rings. The number of aromatic hydroxyl groups is 1. The molecule has 90 valence electrons. The minimum Gasteiger partial charge on any atom is -0.507 e. The van der Waals surface area contributed by atoms with Gasteiger partial charge in [0.2, 0.25) is 0 Å². The molecule has 0 radical (unpaired) electrons. The average Bonchev–Trinajstić information content (AvgIpc) is 2.42. The first-order valence-corrected chi connectivity index (χ1v) is 5.69. The van der Waals surface area contributed by atoms with Crippen molar-refractivity contribution < 1.29 is 9.84 Å². The second-order valence-electron chi connectivity index (χ2n) is 3.85. The summed E-state index contributed by atoms with van der Waals surface area (Å²) in [7, 11) is 1.59. The molecule has 0 unspecified atom stereocenters. The van der Waals surface area contributed by atoms with Crippen LogP contribution in [0.5, 0.6) is 11.5 Å². The van der Waals surface area contributed by atoms with E-state index in [2.05, 4.69) is 11.8 Å². The van der Waals surface area contributed by atoms with Crippen molar-refractivity contribution in [1.29, 1.82) is 0 Å². The minimum atomic E-state index is 0.177. The monoisotopic (exact) mass is 238 g/mol. The second kappa shape index (κ2) is 5.79. The summed E-state index contributed by atoms with van der Waals surface area (Å²) in [5.41, 5.74) is 1.75. The smallest absolute Gasteiger partial charge is 0.131 e. The van der Waals surface area contributed by atoms with Crippen LogP contribution in [0.2, 0.25) is 0 Å². The van der Waals surface area contributed by atoms with Crippen LogP contribution in [0.15, 0.2) is 48.5 Å². The van der Waals surface area contributed by atoms with Crippen molar-refractivity contribution in [3.8, 4) is 23.3 Å². The van der Waals surface area contributed by atoms with E-state index in [4.69, 9.17) is 4.74 Å². The molecule has 0 aromatic heterocycles. The second-order valence-corrected chi connectivity index (χ2v) is 3.85. The first-order chi connectivity index (χ1) is 8.79. The normalized spacial score (nSPS) is 9.39. The van der Waals surface area contributed by atoms with Crippen molar-refractivity contribution in [3.05, 3.63) is 59.7 Å². The fraction of sp³-hybridized carbons (Fsp3) is 0.125. The standard InChI is InChI=1S/C16H14O2/c1-18-15-10-11-16(17)14(12-15)9-5-8-13-6-3-2-4-7-13/h2-4,6-7,10-12,17H,8H2,1H3. The first-order valence-electron chi connectivity index (χ1n) is 5.69. The summed E-state index contributed by atoms with van der Waals surface area (Å²) in [5, 5.41) is 9.67. The summed E-state index contributed by atoms with van der Waals surface area (Å²) in [6, 6.07) is 15.0. The van der Waals surface area contributed by atoms with Crippen molar-refractivity contribution in [3.63, 3.8) is 0 Å². The van der Waals surface area contributed by atoms with Gasteiger partial charge in [-0.15, -0.1) is 0 Å². The van der Waals surface area contributed by atoms with Gasteiger partial charge in [-0.2, -0.15) is 0 Å². The highest BCUT2D eigenvalue weighted by atomic mass is 16.5. The number of benzene rings is 2. The van der Waals surface area contributed by atoms with Crippen LogP contribution < -0.4 is 4.74 Å². The van der Waals surface area contributed by atoms with E-state index in [9.17, 15) is 5.11 Å². The Balaban J connectivity index is 2.15. The van der Waals surface area contributed by atoms with Gasteiger partial charge >= 0.3 is 0 Å². The van der Waals surface area contributed by atoms with Crippen LogP contribution in [-0.4, -0.2) is 12.2 Å². The van der Waals surface area contributed by atoms with Crippen LogP contribution in [0.1, 0.15) is 11.1 Å². The summed E-state index contributed by atoms with van der Waals surface area (Å²) in [6.07, 6.45) is 0.664. The molecule has 0 bridgehead atoms. The van der Waals surface area contributed by atoms with E-state index in [0.717, 1.165) is 5.56 Å². The molecule has 2 heteroatoms. The van der Waals surface area contributed by atoms with Gasteiger partial charge in [0.25, 0.3) is 0 Å². The van der Waals surface area contributed by atoms with Gasteiger partial charge in [-0.05, 0) is 23.8 Å². The maximum absolute atomic E-state index is 9.67. The highest BCUT2D eigenvalue weighted by Gasteiger charge is 1.99. The Bertz CT molecular complexity index is 577. The van der Waals surface area contributed by atoms with E-state index in [1.54, 1.807) is 25.3 Å². The molecule has 0 aliphatic carbocycles. The summed E-state index contributed by atoms with van der Waals surface area (Å²) >= 11 is 0. The molecular formula is C16H14O2. The molecule has 0 saturated carbocycles. The molecule has 0 spiro atoms. The van der Waals surface area contributed by atoms with E-state index < -0.39 is 0 Å². The van der Waals surface area contributed by atoms with Crippen LogP contribution in [-0.2, 0) is 6.42 Å². The molecular weight excluding hydrogens is 224 g/mol. The van der Waals surface area contributed by atoms with Gasteiger partial charge in [0.1, 0.15) is 11.5 Å². The van der Waals surface area contributed by atoms with Crippen molar-refractivity contribution in [2.24, 2.45) is 0 Å². The lowest BCUT2D eigenvalue weighted by Gasteiger charge is -2.01. The quantitative estimate of drug-likeness (QED) is 0.815. The van der Waals surface area contributed by atoms with Crippen molar-refractivity contribution in [2.45, 2.75) is 6.42 Å². The van der Waals surface area contributed by atoms with Crippen molar-refractivity contribution >= 4 is 0 Å². The summed E-state index contributed by atoms with van der Waals surface area (Å²) < 4.78 is 5.10. The highest BCUT2D eigenvalue weighted by Crippen LogP contribution is 2.21. The lowest BCUT2D eigenvalue weighted by Crippen LogP contribution is -1.85. The Labute approximate surface area is 107 Å². The lowest BCUT2D eigenvalue weighted by molar-refractivity contribution is 0.412. The molecule has 2 aromatic carbocycles. The van der Waals surface area contributed by atoms with E-state index >= 15 is 0 Å². The third-order valence-corrected chi connectivity index (χ3v) is 2.56. The third kappa shape index (κ3) is 3.05. The van der Waals surface area contributed by atoms with Crippen LogP contribution >= 0.6 is 0 Å². The number of hydrogen-bond acceptors (Lipinski definition) is 2. The zero-order valence-electron chi connectivity index (χ0n) is 10.2. The number of phenols is 1. The van der Waals surface area contributed by atoms with Gasteiger partial charge in [-0.1, -0.05) is 42.2 Å². The van der Waals surface area contributed by atoms with Gasteiger partial charge in [0, 0.05) is 6.42 Å². The van der Waals surface area contributed by atoms with E-state index in [0.29, 0.717) is 17.7 Å². The predicted molar refractivity (Wildman–Crippen MR) is 71.7 cm³/mol. The summed E-state index contributed by atoms with van der Waals surface area (Å²) in [6.45, 7) is 0. The van der Waals surface area contributed by atoms with Crippen molar-refractivity contribution in [2.75, 3.05) is 7.11 Å². The molecule has 0 aliphatic heterocycles. The van der Waals surface area contributed by atoms with Gasteiger partial charge in [-0.25, -0.2) is 0 Å². The number of ether oxygens (including phenoxy) is 1. The fourth-order valence-electron chi connectivity index (χ4n) is 1.58. The average molecular weight is 238 g/mol. The molecule has 0 heterocycles. The van der Waals surface area contributed by atoms with Crippen molar-refractivity contribution in [1.82, 2.24) is 0 Å². The molecule has 0 amide bonds. The Morgan fingerprint density at radius 2 is 1.89 bits per heavy atom. The highest BCUT2D eigenvalue weighted by molar-refractivity contribution is 5.49. The number of rotatable bonds is 2. The molecule has 2 rings (SSSR count). The Hall–Kier alpha value is -2.40. The molecule has 0 saturated heterocycles. The third-order valence-electron chi connectivity index (χ3n) is 2.56. The number of hydrogen-bond donors (Lipinski definition) is 1. The van der Waals surface area contributed by atoms with Gasteiger partial charge in [0.15, 0.2) is 0 Å². The van der Waals surface area contributed by atoms with Crippen LogP contribution in [0.25, 0.3) is 0 Å². The largest absolute Gasteiger partial charge is 0.507 e. The fourth-order valence-corrected chi connectivity index (χ4v) is 1.58. The first kappa shape index (κ1) is 12.1. The predicted octanol–water partition coefficient (Wildman–Crippen LogP) is 3.00. The van der Waals surface area contributed by atoms with Gasteiger partial charge in [-0.3, -0.25) is 0 Å². The maximum atomic E-state index is 9.67. The molecule has 1 N–H and O–H groups in total.